The largest absolute Gasteiger partial charge is 0.375 e. The molecule has 1 heteroatoms. The molecule has 0 spiro atoms. The minimum atomic E-state index is 0.947. The maximum Gasteiger partial charge on any atom is 0.0175 e. The molecule has 0 amide bonds. The summed E-state index contributed by atoms with van der Waals surface area (Å²) in [5.74, 6) is 0.947. The van der Waals surface area contributed by atoms with Crippen molar-refractivity contribution in [3.05, 3.63) is 11.8 Å². The van der Waals surface area contributed by atoms with Crippen molar-refractivity contribution in [1.82, 2.24) is 4.90 Å². The van der Waals surface area contributed by atoms with Crippen LogP contribution in [0.25, 0.3) is 0 Å². The zero-order valence-corrected chi connectivity index (χ0v) is 10.1. The Labute approximate surface area is 89.2 Å². The molecule has 0 bridgehead atoms. The van der Waals surface area contributed by atoms with Crippen LogP contribution in [-0.4, -0.2) is 18.0 Å². The molecular formula is C13H25N. The van der Waals surface area contributed by atoms with Crippen LogP contribution in [-0.2, 0) is 0 Å². The lowest BCUT2D eigenvalue weighted by molar-refractivity contribution is 0.400. The van der Waals surface area contributed by atoms with Gasteiger partial charge < -0.3 is 4.90 Å². The minimum absolute atomic E-state index is 0.947. The van der Waals surface area contributed by atoms with Crippen molar-refractivity contribution in [2.75, 3.05) is 13.1 Å². The van der Waals surface area contributed by atoms with Crippen LogP contribution in [0.2, 0.25) is 0 Å². The van der Waals surface area contributed by atoms with Crippen LogP contribution in [0.1, 0.15) is 52.9 Å². The van der Waals surface area contributed by atoms with Gasteiger partial charge in [0, 0.05) is 18.8 Å². The maximum atomic E-state index is 2.61. The van der Waals surface area contributed by atoms with Gasteiger partial charge in [-0.3, -0.25) is 0 Å². The van der Waals surface area contributed by atoms with E-state index in [2.05, 4.69) is 17.9 Å². The molecule has 1 aliphatic carbocycles. The molecule has 1 nitrogen and oxygen atoms in total. The highest BCUT2D eigenvalue weighted by atomic mass is 15.2. The van der Waals surface area contributed by atoms with E-state index in [4.69, 9.17) is 0 Å². The van der Waals surface area contributed by atoms with Crippen molar-refractivity contribution < 1.29 is 0 Å². The first-order chi connectivity index (χ1) is 6.92. The number of nitrogens with zero attached hydrogens (tertiary/aromatic N) is 1. The average molecular weight is 195 g/mol. The van der Waals surface area contributed by atoms with Crippen molar-refractivity contribution >= 4 is 0 Å². The molecule has 0 unspecified atom stereocenters. The van der Waals surface area contributed by atoms with Gasteiger partial charge in [0.15, 0.2) is 0 Å². The fourth-order valence-electron chi connectivity index (χ4n) is 2.12. The van der Waals surface area contributed by atoms with E-state index < -0.39 is 0 Å². The van der Waals surface area contributed by atoms with Gasteiger partial charge in [0.05, 0.1) is 0 Å². The predicted molar refractivity (Wildman–Crippen MR) is 63.3 cm³/mol. The van der Waals surface area contributed by atoms with E-state index in [-0.39, 0.29) is 0 Å². The molecule has 1 aliphatic heterocycles. The van der Waals surface area contributed by atoms with E-state index in [1.165, 1.54) is 45.2 Å². The van der Waals surface area contributed by atoms with Gasteiger partial charge in [-0.25, -0.2) is 0 Å². The molecule has 0 atom stereocenters. The van der Waals surface area contributed by atoms with Crippen molar-refractivity contribution in [3.8, 4) is 0 Å². The van der Waals surface area contributed by atoms with Crippen molar-refractivity contribution in [2.24, 2.45) is 5.92 Å². The second-order valence-corrected chi connectivity index (χ2v) is 4.01. The average Bonchev–Trinajstić information content (AvgIpc) is 2.93. The third-order valence-electron chi connectivity index (χ3n) is 2.88. The van der Waals surface area contributed by atoms with Gasteiger partial charge in [-0.15, -0.1) is 0 Å². The molecule has 1 saturated heterocycles. The lowest BCUT2D eigenvalue weighted by atomic mass is 10.2. The minimum Gasteiger partial charge on any atom is -0.375 e. The molecule has 82 valence electrons. The highest BCUT2D eigenvalue weighted by Crippen LogP contribution is 2.39. The van der Waals surface area contributed by atoms with E-state index in [1.54, 1.807) is 5.70 Å². The Hall–Kier alpha value is -0.460. The molecule has 1 heterocycles. The second kappa shape index (κ2) is 6.10. The van der Waals surface area contributed by atoms with Crippen LogP contribution in [0.4, 0.5) is 0 Å². The summed E-state index contributed by atoms with van der Waals surface area (Å²) in [7, 11) is 0. The van der Waals surface area contributed by atoms with Crippen LogP contribution < -0.4 is 0 Å². The molecule has 0 aromatic rings. The summed E-state index contributed by atoms with van der Waals surface area (Å²) < 4.78 is 0. The fraction of sp³-hybridized carbons (Fsp3) is 0.846. The Balaban J connectivity index is 0.000000461. The fourth-order valence-corrected chi connectivity index (χ4v) is 2.12. The number of hydrogen-bond donors (Lipinski definition) is 0. The van der Waals surface area contributed by atoms with E-state index in [0.29, 0.717) is 0 Å². The second-order valence-electron chi connectivity index (χ2n) is 4.01. The molecule has 14 heavy (non-hydrogen) atoms. The van der Waals surface area contributed by atoms with Crippen LogP contribution >= 0.6 is 0 Å². The predicted octanol–water partition coefficient (Wildman–Crippen LogP) is 3.81. The lowest BCUT2D eigenvalue weighted by Gasteiger charge is -2.21. The monoisotopic (exact) mass is 195 g/mol. The zero-order valence-electron chi connectivity index (χ0n) is 10.1. The molecule has 0 aromatic carbocycles. The Bertz CT molecular complexity index is 174. The van der Waals surface area contributed by atoms with Crippen molar-refractivity contribution in [3.63, 3.8) is 0 Å². The van der Waals surface area contributed by atoms with Crippen LogP contribution in [0.5, 0.6) is 0 Å². The van der Waals surface area contributed by atoms with E-state index >= 15 is 0 Å². The Morgan fingerprint density at radius 3 is 2.21 bits per heavy atom. The molecule has 0 radical (unpaired) electrons. The summed E-state index contributed by atoms with van der Waals surface area (Å²) >= 11 is 0. The number of likely N-dealkylation sites (tertiary alicyclic amines) is 1. The first-order valence-electron chi connectivity index (χ1n) is 6.37. The first kappa shape index (κ1) is 11.6. The molecule has 2 rings (SSSR count). The number of allylic oxidation sites excluding steroid dienone is 2. The maximum absolute atomic E-state index is 2.61. The van der Waals surface area contributed by atoms with Gasteiger partial charge >= 0.3 is 0 Å². The Morgan fingerprint density at radius 2 is 1.79 bits per heavy atom. The molecule has 0 aromatic heterocycles. The van der Waals surface area contributed by atoms with Crippen molar-refractivity contribution in [2.45, 2.75) is 52.9 Å². The Morgan fingerprint density at radius 1 is 1.21 bits per heavy atom. The van der Waals surface area contributed by atoms with Gasteiger partial charge in [0.25, 0.3) is 0 Å². The third-order valence-corrected chi connectivity index (χ3v) is 2.88. The SMILES string of the molecule is CC.CC/C=C(/C1CC1)N1CCCC1. The van der Waals surface area contributed by atoms with Gasteiger partial charge in [-0.2, -0.15) is 0 Å². The quantitative estimate of drug-likeness (QED) is 0.662. The van der Waals surface area contributed by atoms with Gasteiger partial charge in [0.1, 0.15) is 0 Å². The summed E-state index contributed by atoms with van der Waals surface area (Å²) in [6.45, 7) is 8.89. The molecular weight excluding hydrogens is 170 g/mol. The van der Waals surface area contributed by atoms with Crippen LogP contribution in [0, 0.1) is 5.92 Å². The normalized spacial score (nSPS) is 21.9. The van der Waals surface area contributed by atoms with Gasteiger partial charge in [-0.1, -0.05) is 26.8 Å². The summed E-state index contributed by atoms with van der Waals surface area (Å²) in [5.41, 5.74) is 1.68. The third kappa shape index (κ3) is 3.04. The smallest absolute Gasteiger partial charge is 0.0175 e. The van der Waals surface area contributed by atoms with Crippen molar-refractivity contribution in [1.29, 1.82) is 0 Å². The standard InChI is InChI=1S/C11H19N.C2H6/c1-2-5-11(10-6-7-10)12-8-3-4-9-12;1-2/h5,10H,2-4,6-9H2,1H3;1-2H3/b11-5-;. The summed E-state index contributed by atoms with van der Waals surface area (Å²) in [5, 5.41) is 0. The first-order valence-corrected chi connectivity index (χ1v) is 6.37. The van der Waals surface area contributed by atoms with Crippen LogP contribution in [0.3, 0.4) is 0 Å². The molecule has 0 N–H and O–H groups in total. The van der Waals surface area contributed by atoms with E-state index in [9.17, 15) is 0 Å². The van der Waals surface area contributed by atoms with Gasteiger partial charge in [0.2, 0.25) is 0 Å². The topological polar surface area (TPSA) is 3.24 Å². The number of hydrogen-bond acceptors (Lipinski definition) is 1. The molecule has 2 aliphatic rings. The highest BCUT2D eigenvalue weighted by molar-refractivity contribution is 5.12. The van der Waals surface area contributed by atoms with Gasteiger partial charge in [-0.05, 0) is 38.0 Å². The van der Waals surface area contributed by atoms with Crippen LogP contribution in [0.15, 0.2) is 11.8 Å². The van der Waals surface area contributed by atoms with E-state index in [1.807, 2.05) is 13.8 Å². The summed E-state index contributed by atoms with van der Waals surface area (Å²) in [4.78, 5) is 2.61. The molecule has 1 saturated carbocycles. The summed E-state index contributed by atoms with van der Waals surface area (Å²) in [6.07, 6.45) is 9.37. The Kier molecular flexibility index (Phi) is 5.06. The highest BCUT2D eigenvalue weighted by Gasteiger charge is 2.30. The summed E-state index contributed by atoms with van der Waals surface area (Å²) in [6, 6.07) is 0. The van der Waals surface area contributed by atoms with E-state index in [0.717, 1.165) is 5.92 Å². The lowest BCUT2D eigenvalue weighted by Crippen LogP contribution is -2.19. The number of rotatable bonds is 3. The zero-order chi connectivity index (χ0) is 10.4. The molecule has 2 fully saturated rings.